The van der Waals surface area contributed by atoms with Gasteiger partial charge in [0.15, 0.2) is 5.69 Å². The van der Waals surface area contributed by atoms with Crippen molar-refractivity contribution < 1.29 is 27.4 Å². The summed E-state index contributed by atoms with van der Waals surface area (Å²) >= 11 is 2.06. The van der Waals surface area contributed by atoms with E-state index >= 15 is 0 Å². The molecule has 3 heterocycles. The van der Waals surface area contributed by atoms with Gasteiger partial charge in [0.1, 0.15) is 12.4 Å². The van der Waals surface area contributed by atoms with Crippen LogP contribution < -0.4 is 10.1 Å². The number of ether oxygens (including phenoxy) is 2. The fourth-order valence-electron chi connectivity index (χ4n) is 3.18. The topological polar surface area (TPSA) is 65.4 Å². The number of hydrogen-bond donors (Lipinski definition) is 1. The zero-order chi connectivity index (χ0) is 19.2. The van der Waals surface area contributed by atoms with Gasteiger partial charge in [-0.1, -0.05) is 0 Å². The second-order valence-electron chi connectivity index (χ2n) is 6.39. The van der Waals surface area contributed by atoms with Crippen molar-refractivity contribution in [3.63, 3.8) is 0 Å². The van der Waals surface area contributed by atoms with Crippen LogP contribution in [0, 0.1) is 3.57 Å². The van der Waals surface area contributed by atoms with Gasteiger partial charge >= 0.3 is 6.18 Å². The number of carbonyl (C=O) groups is 1. The zero-order valence-corrected chi connectivity index (χ0v) is 16.1. The molecular weight excluding hydrogens is 478 g/mol. The molecule has 0 saturated carbocycles. The summed E-state index contributed by atoms with van der Waals surface area (Å²) in [6.07, 6.45) is -4.16. The highest BCUT2D eigenvalue weighted by atomic mass is 127. The fourth-order valence-corrected chi connectivity index (χ4v) is 3.97. The molecule has 0 radical (unpaired) electrons. The number of fused-ring (bicyclic) bond motifs is 2. The fraction of sp³-hybridized carbons (Fsp3) is 0.412. The summed E-state index contributed by atoms with van der Waals surface area (Å²) in [5.74, 6) is 0.0445. The molecule has 0 spiro atoms. The number of halogens is 4. The molecule has 6 nitrogen and oxygen atoms in total. The number of hydrogen-bond acceptors (Lipinski definition) is 4. The number of carbonyl (C=O) groups excluding carboxylic acids is 1. The van der Waals surface area contributed by atoms with Crippen LogP contribution in [-0.4, -0.2) is 34.9 Å². The minimum atomic E-state index is -4.42. The number of nitrogens with zero attached hydrogens (tertiary/aromatic N) is 2. The molecule has 10 heteroatoms. The predicted molar refractivity (Wildman–Crippen MR) is 96.5 cm³/mol. The van der Waals surface area contributed by atoms with Crippen LogP contribution in [0.25, 0.3) is 0 Å². The molecule has 0 bridgehead atoms. The molecule has 27 heavy (non-hydrogen) atoms. The molecule has 0 fully saturated rings. The first-order valence-corrected chi connectivity index (χ1v) is 9.37. The van der Waals surface area contributed by atoms with Crippen molar-refractivity contribution in [2.75, 3.05) is 13.2 Å². The summed E-state index contributed by atoms with van der Waals surface area (Å²) < 4.78 is 52.1. The monoisotopic (exact) mass is 493 g/mol. The molecule has 0 aliphatic carbocycles. The van der Waals surface area contributed by atoms with Crippen LogP contribution in [0.1, 0.15) is 27.3 Å². The molecule has 0 saturated heterocycles. The van der Waals surface area contributed by atoms with Crippen molar-refractivity contribution in [3.05, 3.63) is 44.3 Å². The summed E-state index contributed by atoms with van der Waals surface area (Å²) in [6, 6.07) is 2.96. The van der Waals surface area contributed by atoms with Crippen LogP contribution in [-0.2, 0) is 30.5 Å². The van der Waals surface area contributed by atoms with Crippen molar-refractivity contribution >= 4 is 28.5 Å². The van der Waals surface area contributed by atoms with Crippen molar-refractivity contribution in [1.82, 2.24) is 15.1 Å². The van der Waals surface area contributed by atoms with E-state index in [0.717, 1.165) is 21.4 Å². The van der Waals surface area contributed by atoms with Crippen LogP contribution in [0.15, 0.2) is 18.2 Å². The SMILES string of the molecule is O=C(NC1COc2ccc(C(F)(F)F)cc2C1)c1nn2c(c1I)COCC2. The van der Waals surface area contributed by atoms with E-state index in [2.05, 4.69) is 33.0 Å². The predicted octanol–water partition coefficient (Wildman–Crippen LogP) is 2.77. The van der Waals surface area contributed by atoms with Gasteiger partial charge in [0, 0.05) is 0 Å². The minimum Gasteiger partial charge on any atom is -0.491 e. The van der Waals surface area contributed by atoms with E-state index in [4.69, 9.17) is 9.47 Å². The largest absolute Gasteiger partial charge is 0.491 e. The number of rotatable bonds is 2. The van der Waals surface area contributed by atoms with Crippen molar-refractivity contribution in [2.24, 2.45) is 0 Å². The molecule has 1 amide bonds. The third-order valence-electron chi connectivity index (χ3n) is 4.52. The Morgan fingerprint density at radius 2 is 2.19 bits per heavy atom. The summed E-state index contributed by atoms with van der Waals surface area (Å²) in [6.45, 7) is 1.72. The lowest BCUT2D eigenvalue weighted by molar-refractivity contribution is -0.137. The van der Waals surface area contributed by atoms with E-state index in [0.29, 0.717) is 36.8 Å². The third kappa shape index (κ3) is 3.64. The summed E-state index contributed by atoms with van der Waals surface area (Å²) in [5, 5.41) is 7.15. The maximum absolute atomic E-state index is 12.9. The Kier molecular flexibility index (Phi) is 4.78. The van der Waals surface area contributed by atoms with Crippen LogP contribution >= 0.6 is 22.6 Å². The van der Waals surface area contributed by atoms with E-state index in [1.165, 1.54) is 6.07 Å². The van der Waals surface area contributed by atoms with Crippen LogP contribution in [0.2, 0.25) is 0 Å². The molecule has 1 aromatic carbocycles. The summed E-state index contributed by atoms with van der Waals surface area (Å²) in [4.78, 5) is 12.6. The summed E-state index contributed by atoms with van der Waals surface area (Å²) in [5.41, 5.74) is 0.847. The average molecular weight is 493 g/mol. The van der Waals surface area contributed by atoms with Crippen molar-refractivity contribution in [3.8, 4) is 5.75 Å². The van der Waals surface area contributed by atoms with Gasteiger partial charge in [-0.2, -0.15) is 18.3 Å². The van der Waals surface area contributed by atoms with Gasteiger partial charge in [-0.05, 0) is 52.8 Å². The number of alkyl halides is 3. The summed E-state index contributed by atoms with van der Waals surface area (Å²) in [7, 11) is 0. The third-order valence-corrected chi connectivity index (χ3v) is 5.66. The second-order valence-corrected chi connectivity index (χ2v) is 7.47. The second kappa shape index (κ2) is 6.97. The highest BCUT2D eigenvalue weighted by Crippen LogP contribution is 2.34. The first-order valence-electron chi connectivity index (χ1n) is 8.29. The average Bonchev–Trinajstić information content (AvgIpc) is 2.97. The molecule has 2 aliphatic heterocycles. The Morgan fingerprint density at radius 1 is 1.37 bits per heavy atom. The molecule has 1 aromatic heterocycles. The Hall–Kier alpha value is -1.82. The molecule has 4 rings (SSSR count). The molecule has 2 aromatic rings. The Balaban J connectivity index is 1.50. The number of benzene rings is 1. The van der Waals surface area contributed by atoms with E-state index < -0.39 is 17.8 Å². The lowest BCUT2D eigenvalue weighted by Gasteiger charge is -2.26. The van der Waals surface area contributed by atoms with Gasteiger partial charge < -0.3 is 14.8 Å². The highest BCUT2D eigenvalue weighted by molar-refractivity contribution is 14.1. The normalized spacial score (nSPS) is 19.0. The van der Waals surface area contributed by atoms with E-state index in [-0.39, 0.29) is 18.9 Å². The van der Waals surface area contributed by atoms with Gasteiger partial charge in [-0.15, -0.1) is 0 Å². The number of nitrogens with one attached hydrogen (secondary N) is 1. The molecule has 1 atom stereocenters. The van der Waals surface area contributed by atoms with Gasteiger partial charge in [0.25, 0.3) is 5.91 Å². The van der Waals surface area contributed by atoms with Crippen molar-refractivity contribution in [2.45, 2.75) is 31.8 Å². The zero-order valence-electron chi connectivity index (χ0n) is 14.0. The number of amides is 1. The molecule has 1 unspecified atom stereocenters. The molecular formula is C17H15F3IN3O3. The van der Waals surface area contributed by atoms with Crippen LogP contribution in [0.3, 0.4) is 0 Å². The Bertz CT molecular complexity index is 898. The van der Waals surface area contributed by atoms with E-state index in [1.54, 1.807) is 4.68 Å². The lowest BCUT2D eigenvalue weighted by Crippen LogP contribution is -2.43. The number of aromatic nitrogens is 2. The van der Waals surface area contributed by atoms with Gasteiger partial charge in [0.2, 0.25) is 0 Å². The first-order chi connectivity index (χ1) is 12.8. The van der Waals surface area contributed by atoms with Crippen molar-refractivity contribution in [1.29, 1.82) is 0 Å². The maximum atomic E-state index is 12.9. The first kappa shape index (κ1) is 18.5. The quantitative estimate of drug-likeness (QED) is 0.654. The van der Waals surface area contributed by atoms with Gasteiger partial charge in [0.05, 0.1) is 40.6 Å². The minimum absolute atomic E-state index is 0.192. The standard InChI is InChI=1S/C17H15F3IN3O3/c18-17(19,20)10-1-2-13-9(5-10)6-11(7-27-13)22-16(25)15-14(21)12-8-26-4-3-24(12)23-15/h1-2,5,11H,3-4,6-8H2,(H,22,25). The van der Waals surface area contributed by atoms with E-state index in [9.17, 15) is 18.0 Å². The van der Waals surface area contributed by atoms with Crippen LogP contribution in [0.5, 0.6) is 5.75 Å². The molecule has 144 valence electrons. The van der Waals surface area contributed by atoms with E-state index in [1.807, 2.05) is 0 Å². The Labute approximate surface area is 166 Å². The maximum Gasteiger partial charge on any atom is 0.416 e. The van der Waals surface area contributed by atoms with Gasteiger partial charge in [-0.25, -0.2) is 0 Å². The Morgan fingerprint density at radius 3 is 2.93 bits per heavy atom. The van der Waals surface area contributed by atoms with Crippen LogP contribution in [0.4, 0.5) is 13.2 Å². The highest BCUT2D eigenvalue weighted by Gasteiger charge is 2.33. The molecule has 1 N–H and O–H groups in total. The van der Waals surface area contributed by atoms with Gasteiger partial charge in [-0.3, -0.25) is 9.48 Å². The smallest absolute Gasteiger partial charge is 0.416 e. The molecule has 2 aliphatic rings. The lowest BCUT2D eigenvalue weighted by atomic mass is 10.00.